The van der Waals surface area contributed by atoms with Gasteiger partial charge in [-0.25, -0.2) is 0 Å². The number of carboxylic acids is 1. The van der Waals surface area contributed by atoms with Crippen molar-refractivity contribution < 1.29 is 14.7 Å². The zero-order valence-corrected chi connectivity index (χ0v) is 11.6. The van der Waals surface area contributed by atoms with E-state index in [-0.39, 0.29) is 12.5 Å². The highest BCUT2D eigenvalue weighted by Crippen LogP contribution is 2.16. The number of rotatable bonds is 5. The van der Waals surface area contributed by atoms with Gasteiger partial charge >= 0.3 is 5.97 Å². The lowest BCUT2D eigenvalue weighted by Crippen LogP contribution is -2.42. The first-order chi connectivity index (χ1) is 9.56. The number of nitrogens with zero attached hydrogens (tertiary/aromatic N) is 1. The number of aryl methyl sites for hydroxylation is 1. The van der Waals surface area contributed by atoms with Crippen LogP contribution in [-0.4, -0.2) is 41.0 Å². The average Bonchev–Trinajstić information content (AvgIpc) is 2.86. The zero-order valence-electron chi connectivity index (χ0n) is 11.6. The van der Waals surface area contributed by atoms with E-state index < -0.39 is 12.0 Å². The van der Waals surface area contributed by atoms with Gasteiger partial charge in [0.2, 0.25) is 5.91 Å². The molecule has 1 aliphatic heterocycles. The van der Waals surface area contributed by atoms with Crippen LogP contribution in [0.25, 0.3) is 0 Å². The lowest BCUT2D eigenvalue weighted by molar-refractivity contribution is -0.142. The molecule has 5 nitrogen and oxygen atoms in total. The van der Waals surface area contributed by atoms with Crippen LogP contribution in [0.1, 0.15) is 24.0 Å². The van der Waals surface area contributed by atoms with Crippen LogP contribution in [0, 0.1) is 6.92 Å². The van der Waals surface area contributed by atoms with Gasteiger partial charge in [0.05, 0.1) is 6.54 Å². The third-order valence-corrected chi connectivity index (χ3v) is 3.61. The van der Waals surface area contributed by atoms with Crippen LogP contribution in [0.4, 0.5) is 0 Å². The Bertz CT molecular complexity index is 484. The van der Waals surface area contributed by atoms with Gasteiger partial charge in [0.25, 0.3) is 0 Å². The predicted octanol–water partition coefficient (Wildman–Crippen LogP) is 1.16. The minimum Gasteiger partial charge on any atom is -0.480 e. The van der Waals surface area contributed by atoms with Crippen molar-refractivity contribution in [1.82, 2.24) is 10.2 Å². The van der Waals surface area contributed by atoms with E-state index in [2.05, 4.69) is 5.32 Å². The number of hydrogen-bond acceptors (Lipinski definition) is 3. The molecule has 0 unspecified atom stereocenters. The highest BCUT2D eigenvalue weighted by molar-refractivity contribution is 5.80. The minimum atomic E-state index is -0.839. The second-order valence-corrected chi connectivity index (χ2v) is 5.23. The molecule has 0 bridgehead atoms. The zero-order chi connectivity index (χ0) is 14.5. The molecule has 20 heavy (non-hydrogen) atoms. The number of nitrogens with one attached hydrogen (secondary N) is 1. The molecule has 2 N–H and O–H groups in total. The van der Waals surface area contributed by atoms with E-state index in [9.17, 15) is 9.59 Å². The fourth-order valence-electron chi connectivity index (χ4n) is 2.44. The van der Waals surface area contributed by atoms with E-state index in [1.807, 2.05) is 31.2 Å². The second kappa shape index (κ2) is 6.52. The maximum Gasteiger partial charge on any atom is 0.320 e. The van der Waals surface area contributed by atoms with E-state index in [0.29, 0.717) is 19.5 Å². The van der Waals surface area contributed by atoms with Crippen LogP contribution in [0.15, 0.2) is 24.3 Å². The summed E-state index contributed by atoms with van der Waals surface area (Å²) >= 11 is 0. The Kier molecular flexibility index (Phi) is 4.74. The van der Waals surface area contributed by atoms with Gasteiger partial charge in [-0.05, 0) is 31.9 Å². The summed E-state index contributed by atoms with van der Waals surface area (Å²) in [6.07, 6.45) is 1.46. The standard InChI is InChI=1S/C15H20N2O3/c1-11-4-6-12(7-5-11)9-16-14(18)10-17-8-2-3-13(17)15(19)20/h4-7,13H,2-3,8-10H2,1H3,(H,16,18)(H,19,20)/t13-/m1/s1. The molecule has 0 aliphatic carbocycles. The first-order valence-electron chi connectivity index (χ1n) is 6.85. The van der Waals surface area contributed by atoms with Gasteiger partial charge < -0.3 is 10.4 Å². The van der Waals surface area contributed by atoms with Crippen LogP contribution in [0.2, 0.25) is 0 Å². The molecule has 0 spiro atoms. The summed E-state index contributed by atoms with van der Waals surface area (Å²) in [4.78, 5) is 24.6. The third kappa shape index (κ3) is 3.81. The Morgan fingerprint density at radius 3 is 2.70 bits per heavy atom. The van der Waals surface area contributed by atoms with Gasteiger partial charge in [-0.3, -0.25) is 14.5 Å². The Morgan fingerprint density at radius 2 is 2.05 bits per heavy atom. The molecule has 0 saturated carbocycles. The largest absolute Gasteiger partial charge is 0.480 e. The lowest BCUT2D eigenvalue weighted by atomic mass is 10.1. The summed E-state index contributed by atoms with van der Waals surface area (Å²) in [5, 5.41) is 11.9. The smallest absolute Gasteiger partial charge is 0.320 e. The number of hydrogen-bond donors (Lipinski definition) is 2. The highest BCUT2D eigenvalue weighted by atomic mass is 16.4. The summed E-state index contributed by atoms with van der Waals surface area (Å²) in [7, 11) is 0. The van der Waals surface area contributed by atoms with E-state index in [0.717, 1.165) is 12.0 Å². The number of aliphatic carboxylic acids is 1. The van der Waals surface area contributed by atoms with Crippen molar-refractivity contribution in [2.75, 3.05) is 13.1 Å². The molecule has 108 valence electrons. The van der Waals surface area contributed by atoms with Crippen molar-refractivity contribution in [1.29, 1.82) is 0 Å². The Morgan fingerprint density at radius 1 is 1.35 bits per heavy atom. The number of carbonyl (C=O) groups is 2. The van der Waals surface area contributed by atoms with Gasteiger partial charge in [0.15, 0.2) is 0 Å². The lowest BCUT2D eigenvalue weighted by Gasteiger charge is -2.20. The van der Waals surface area contributed by atoms with Gasteiger partial charge in [0.1, 0.15) is 6.04 Å². The van der Waals surface area contributed by atoms with E-state index >= 15 is 0 Å². The molecule has 1 aromatic carbocycles. The highest BCUT2D eigenvalue weighted by Gasteiger charge is 2.31. The van der Waals surface area contributed by atoms with Crippen molar-refractivity contribution in [3.8, 4) is 0 Å². The number of benzene rings is 1. The molecule has 1 saturated heterocycles. The van der Waals surface area contributed by atoms with E-state index in [1.54, 1.807) is 4.90 Å². The van der Waals surface area contributed by atoms with Crippen molar-refractivity contribution in [2.24, 2.45) is 0 Å². The Balaban J connectivity index is 1.80. The maximum atomic E-state index is 11.9. The molecule has 1 aliphatic rings. The fourth-order valence-corrected chi connectivity index (χ4v) is 2.44. The van der Waals surface area contributed by atoms with Crippen molar-refractivity contribution in [3.63, 3.8) is 0 Å². The molecule has 1 aromatic rings. The Hall–Kier alpha value is -1.88. The topological polar surface area (TPSA) is 69.6 Å². The average molecular weight is 276 g/mol. The number of amides is 1. The summed E-state index contributed by atoms with van der Waals surface area (Å²) in [6, 6.07) is 7.45. The number of carboxylic acid groups (broad SMARTS) is 1. The summed E-state index contributed by atoms with van der Waals surface area (Å²) < 4.78 is 0. The van der Waals surface area contributed by atoms with Crippen molar-refractivity contribution >= 4 is 11.9 Å². The molecule has 1 atom stereocenters. The van der Waals surface area contributed by atoms with Crippen LogP contribution in [0.3, 0.4) is 0 Å². The molecule has 0 radical (unpaired) electrons. The van der Waals surface area contributed by atoms with Crippen molar-refractivity contribution in [3.05, 3.63) is 35.4 Å². The van der Waals surface area contributed by atoms with E-state index in [1.165, 1.54) is 5.56 Å². The second-order valence-electron chi connectivity index (χ2n) is 5.23. The van der Waals surface area contributed by atoms with Crippen LogP contribution in [0.5, 0.6) is 0 Å². The first-order valence-corrected chi connectivity index (χ1v) is 6.85. The van der Waals surface area contributed by atoms with Crippen LogP contribution < -0.4 is 5.32 Å². The maximum absolute atomic E-state index is 11.9. The molecule has 1 heterocycles. The quantitative estimate of drug-likeness (QED) is 0.846. The Labute approximate surface area is 118 Å². The van der Waals surface area contributed by atoms with Gasteiger partial charge in [-0.1, -0.05) is 29.8 Å². The third-order valence-electron chi connectivity index (χ3n) is 3.61. The molecule has 2 rings (SSSR count). The minimum absolute atomic E-state index is 0.126. The predicted molar refractivity (Wildman–Crippen MR) is 75.3 cm³/mol. The van der Waals surface area contributed by atoms with Gasteiger partial charge in [0, 0.05) is 6.54 Å². The molecule has 1 fully saturated rings. The molecule has 0 aromatic heterocycles. The summed E-state index contributed by atoms with van der Waals surface area (Å²) in [5.41, 5.74) is 2.22. The monoisotopic (exact) mass is 276 g/mol. The normalized spacial score (nSPS) is 18.9. The van der Waals surface area contributed by atoms with Crippen LogP contribution >= 0.6 is 0 Å². The summed E-state index contributed by atoms with van der Waals surface area (Å²) in [5.74, 6) is -0.965. The van der Waals surface area contributed by atoms with Gasteiger partial charge in [-0.15, -0.1) is 0 Å². The van der Waals surface area contributed by atoms with Crippen LogP contribution in [-0.2, 0) is 16.1 Å². The van der Waals surface area contributed by atoms with Crippen molar-refractivity contribution in [2.45, 2.75) is 32.4 Å². The number of likely N-dealkylation sites (tertiary alicyclic amines) is 1. The molecular weight excluding hydrogens is 256 g/mol. The summed E-state index contributed by atoms with van der Waals surface area (Å²) in [6.45, 7) is 3.32. The molecular formula is C15H20N2O3. The number of carbonyl (C=O) groups excluding carboxylic acids is 1. The fraction of sp³-hybridized carbons (Fsp3) is 0.467. The molecule has 5 heteroatoms. The SMILES string of the molecule is Cc1ccc(CNC(=O)CN2CCC[C@@H]2C(=O)O)cc1. The van der Waals surface area contributed by atoms with E-state index in [4.69, 9.17) is 5.11 Å². The first kappa shape index (κ1) is 14.5. The van der Waals surface area contributed by atoms with Gasteiger partial charge in [-0.2, -0.15) is 0 Å². The molecule has 1 amide bonds.